The van der Waals surface area contributed by atoms with Gasteiger partial charge in [0.1, 0.15) is 5.82 Å². The molecule has 0 radical (unpaired) electrons. The van der Waals surface area contributed by atoms with Gasteiger partial charge in [-0.2, -0.15) is 0 Å². The molecule has 0 bridgehead atoms. The molecule has 1 aromatic heterocycles. The molecule has 0 saturated carbocycles. The number of aromatic nitrogens is 2. The lowest BCUT2D eigenvalue weighted by atomic mass is 10.2. The molecular formula is C15H22ClN3. The van der Waals surface area contributed by atoms with Crippen molar-refractivity contribution in [2.24, 2.45) is 0 Å². The lowest BCUT2D eigenvalue weighted by molar-refractivity contribution is 0.385. The van der Waals surface area contributed by atoms with Crippen LogP contribution in [-0.4, -0.2) is 35.1 Å². The minimum atomic E-state index is 0.422. The Kier molecular flexibility index (Phi) is 4.48. The van der Waals surface area contributed by atoms with Crippen LogP contribution in [0.3, 0.4) is 0 Å². The first kappa shape index (κ1) is 14.4. The Morgan fingerprint density at radius 2 is 2.05 bits per heavy atom. The van der Waals surface area contributed by atoms with Crippen LogP contribution in [0, 0.1) is 0 Å². The molecule has 0 atom stereocenters. The molecule has 4 heteroatoms. The Balaban J connectivity index is 2.36. The number of hydrogen-bond acceptors (Lipinski definition) is 2. The van der Waals surface area contributed by atoms with E-state index in [-0.39, 0.29) is 0 Å². The Bertz CT molecular complexity index is 558. The Labute approximate surface area is 120 Å². The monoisotopic (exact) mass is 279 g/mol. The molecule has 104 valence electrons. The van der Waals surface area contributed by atoms with Gasteiger partial charge in [-0.1, -0.05) is 25.4 Å². The quantitative estimate of drug-likeness (QED) is 0.831. The van der Waals surface area contributed by atoms with Crippen LogP contribution in [0.25, 0.3) is 11.0 Å². The van der Waals surface area contributed by atoms with Crippen LogP contribution in [0.15, 0.2) is 18.2 Å². The van der Waals surface area contributed by atoms with Gasteiger partial charge in [-0.05, 0) is 45.3 Å². The minimum absolute atomic E-state index is 0.422. The standard InChI is InChI=1S/C15H22ClN3/c1-11(2)15-17-13-7-6-12(16)10-14(13)19(15)9-5-8-18(3)4/h6-7,10-11H,5,8-9H2,1-4H3. The average molecular weight is 280 g/mol. The topological polar surface area (TPSA) is 21.1 Å². The minimum Gasteiger partial charge on any atom is -0.328 e. The summed E-state index contributed by atoms with van der Waals surface area (Å²) in [5.74, 6) is 1.57. The number of rotatable bonds is 5. The van der Waals surface area contributed by atoms with Crippen molar-refractivity contribution >= 4 is 22.6 Å². The molecule has 3 nitrogen and oxygen atoms in total. The Morgan fingerprint density at radius 3 is 2.68 bits per heavy atom. The van der Waals surface area contributed by atoms with E-state index in [1.807, 2.05) is 18.2 Å². The smallest absolute Gasteiger partial charge is 0.112 e. The third-order valence-corrected chi connectivity index (χ3v) is 3.48. The number of benzene rings is 1. The first-order valence-electron chi connectivity index (χ1n) is 6.79. The van der Waals surface area contributed by atoms with Crippen molar-refractivity contribution in [2.75, 3.05) is 20.6 Å². The van der Waals surface area contributed by atoms with Crippen LogP contribution in [0.2, 0.25) is 5.02 Å². The van der Waals surface area contributed by atoms with E-state index in [2.05, 4.69) is 37.4 Å². The number of nitrogens with zero attached hydrogens (tertiary/aromatic N) is 3. The van der Waals surface area contributed by atoms with Crippen molar-refractivity contribution in [3.63, 3.8) is 0 Å². The molecule has 1 heterocycles. The summed E-state index contributed by atoms with van der Waals surface area (Å²) in [6.45, 7) is 6.44. The van der Waals surface area contributed by atoms with E-state index < -0.39 is 0 Å². The normalized spacial score (nSPS) is 11.9. The largest absolute Gasteiger partial charge is 0.328 e. The molecule has 0 aliphatic carbocycles. The maximum absolute atomic E-state index is 6.11. The molecule has 0 spiro atoms. The van der Waals surface area contributed by atoms with Gasteiger partial charge in [0.2, 0.25) is 0 Å². The predicted octanol–water partition coefficient (Wildman–Crippen LogP) is 3.76. The summed E-state index contributed by atoms with van der Waals surface area (Å²) in [5.41, 5.74) is 2.19. The van der Waals surface area contributed by atoms with Crippen molar-refractivity contribution in [1.82, 2.24) is 14.5 Å². The van der Waals surface area contributed by atoms with E-state index in [9.17, 15) is 0 Å². The van der Waals surface area contributed by atoms with E-state index in [0.29, 0.717) is 5.92 Å². The van der Waals surface area contributed by atoms with Crippen LogP contribution in [0.5, 0.6) is 0 Å². The van der Waals surface area contributed by atoms with Crippen molar-refractivity contribution in [1.29, 1.82) is 0 Å². The molecule has 2 aromatic rings. The third-order valence-electron chi connectivity index (χ3n) is 3.24. The molecule has 0 fully saturated rings. The van der Waals surface area contributed by atoms with E-state index in [0.717, 1.165) is 41.4 Å². The summed E-state index contributed by atoms with van der Waals surface area (Å²) in [6.07, 6.45) is 1.12. The number of halogens is 1. The molecule has 0 amide bonds. The van der Waals surface area contributed by atoms with Crippen molar-refractivity contribution in [3.05, 3.63) is 29.0 Å². The second-order valence-corrected chi connectivity index (χ2v) is 6.00. The summed E-state index contributed by atoms with van der Waals surface area (Å²) in [5, 5.41) is 0.775. The molecule has 0 N–H and O–H groups in total. The van der Waals surface area contributed by atoms with E-state index in [1.165, 1.54) is 0 Å². The molecule has 1 aromatic carbocycles. The second-order valence-electron chi connectivity index (χ2n) is 5.57. The van der Waals surface area contributed by atoms with Gasteiger partial charge >= 0.3 is 0 Å². The molecule has 0 saturated heterocycles. The lowest BCUT2D eigenvalue weighted by Crippen LogP contribution is -2.16. The lowest BCUT2D eigenvalue weighted by Gasteiger charge is -2.13. The highest BCUT2D eigenvalue weighted by Gasteiger charge is 2.13. The number of fused-ring (bicyclic) bond motifs is 1. The van der Waals surface area contributed by atoms with Gasteiger partial charge in [0, 0.05) is 17.5 Å². The SMILES string of the molecule is CC(C)c1nc2ccc(Cl)cc2n1CCCN(C)C. The maximum Gasteiger partial charge on any atom is 0.112 e. The fourth-order valence-corrected chi connectivity index (χ4v) is 2.50. The second kappa shape index (κ2) is 5.93. The molecular weight excluding hydrogens is 258 g/mol. The third kappa shape index (κ3) is 3.28. The highest BCUT2D eigenvalue weighted by Crippen LogP contribution is 2.24. The van der Waals surface area contributed by atoms with Crippen LogP contribution in [0.1, 0.15) is 32.0 Å². The summed E-state index contributed by atoms with van der Waals surface area (Å²) in [4.78, 5) is 6.95. The predicted molar refractivity (Wildman–Crippen MR) is 82.0 cm³/mol. The molecule has 0 aliphatic heterocycles. The van der Waals surface area contributed by atoms with E-state index in [1.54, 1.807) is 0 Å². The Morgan fingerprint density at radius 1 is 1.32 bits per heavy atom. The van der Waals surface area contributed by atoms with E-state index in [4.69, 9.17) is 16.6 Å². The molecule has 0 aliphatic rings. The van der Waals surface area contributed by atoms with Gasteiger partial charge in [0.15, 0.2) is 0 Å². The van der Waals surface area contributed by atoms with Crippen LogP contribution >= 0.6 is 11.6 Å². The molecule has 0 unspecified atom stereocenters. The van der Waals surface area contributed by atoms with E-state index >= 15 is 0 Å². The molecule has 19 heavy (non-hydrogen) atoms. The van der Waals surface area contributed by atoms with Crippen LogP contribution in [-0.2, 0) is 6.54 Å². The number of aryl methyl sites for hydroxylation is 1. The van der Waals surface area contributed by atoms with Gasteiger partial charge in [-0.3, -0.25) is 0 Å². The first-order chi connectivity index (χ1) is 8.99. The van der Waals surface area contributed by atoms with Gasteiger partial charge < -0.3 is 9.47 Å². The zero-order valence-corrected chi connectivity index (χ0v) is 12.9. The zero-order chi connectivity index (χ0) is 14.0. The van der Waals surface area contributed by atoms with Crippen LogP contribution < -0.4 is 0 Å². The zero-order valence-electron chi connectivity index (χ0n) is 12.2. The summed E-state index contributed by atoms with van der Waals surface area (Å²) >= 11 is 6.11. The number of imidazole rings is 1. The first-order valence-corrected chi connectivity index (χ1v) is 7.17. The maximum atomic E-state index is 6.11. The summed E-state index contributed by atoms with van der Waals surface area (Å²) < 4.78 is 2.31. The fourth-order valence-electron chi connectivity index (χ4n) is 2.34. The van der Waals surface area contributed by atoms with Gasteiger partial charge in [0.25, 0.3) is 0 Å². The van der Waals surface area contributed by atoms with Gasteiger partial charge in [-0.25, -0.2) is 4.98 Å². The highest BCUT2D eigenvalue weighted by molar-refractivity contribution is 6.31. The Hall–Kier alpha value is -1.06. The average Bonchev–Trinajstić information content (AvgIpc) is 2.67. The summed E-state index contributed by atoms with van der Waals surface area (Å²) in [7, 11) is 4.21. The van der Waals surface area contributed by atoms with Crippen molar-refractivity contribution < 1.29 is 0 Å². The van der Waals surface area contributed by atoms with Crippen molar-refractivity contribution in [2.45, 2.75) is 32.7 Å². The highest BCUT2D eigenvalue weighted by atomic mass is 35.5. The van der Waals surface area contributed by atoms with Gasteiger partial charge in [-0.15, -0.1) is 0 Å². The number of hydrogen-bond donors (Lipinski definition) is 0. The molecule has 2 rings (SSSR count). The summed E-state index contributed by atoms with van der Waals surface area (Å²) in [6, 6.07) is 5.93. The van der Waals surface area contributed by atoms with Gasteiger partial charge in [0.05, 0.1) is 11.0 Å². The van der Waals surface area contributed by atoms with Crippen molar-refractivity contribution in [3.8, 4) is 0 Å². The van der Waals surface area contributed by atoms with Crippen LogP contribution in [0.4, 0.5) is 0 Å². The fraction of sp³-hybridized carbons (Fsp3) is 0.533.